The van der Waals surface area contributed by atoms with Crippen LogP contribution in [0, 0.1) is 0 Å². The van der Waals surface area contributed by atoms with Crippen molar-refractivity contribution in [2.75, 3.05) is 26.2 Å². The van der Waals surface area contributed by atoms with Crippen LogP contribution in [-0.4, -0.2) is 47.6 Å². The van der Waals surface area contributed by atoms with Gasteiger partial charge in [0, 0.05) is 19.6 Å². The molecule has 104 valence electrons. The normalized spacial score (nSPS) is 13.4. The van der Waals surface area contributed by atoms with E-state index in [0.29, 0.717) is 19.6 Å². The summed E-state index contributed by atoms with van der Waals surface area (Å²) in [5.74, 6) is 0. The van der Waals surface area contributed by atoms with Crippen molar-refractivity contribution in [3.05, 3.63) is 0 Å². The van der Waals surface area contributed by atoms with Gasteiger partial charge in [0.25, 0.3) is 0 Å². The second kappa shape index (κ2) is 7.28. The summed E-state index contributed by atoms with van der Waals surface area (Å²) >= 11 is 0. The summed E-state index contributed by atoms with van der Waals surface area (Å²) in [5, 5.41) is 10.7. The quantitative estimate of drug-likeness (QED) is 0.526. The molecule has 0 saturated heterocycles. The zero-order valence-corrected chi connectivity index (χ0v) is 12.0. The van der Waals surface area contributed by atoms with Crippen LogP contribution in [0.3, 0.4) is 0 Å². The van der Waals surface area contributed by atoms with Crippen LogP contribution in [-0.2, 0) is 9.68 Å². The largest absolute Gasteiger partial charge is 0.395 e. The topological polar surface area (TPSA) is 54.0 Å². The highest BCUT2D eigenvalue weighted by atomic mass is 16.7. The van der Waals surface area contributed by atoms with Gasteiger partial charge in [0.2, 0.25) is 0 Å². The van der Waals surface area contributed by atoms with Crippen LogP contribution < -0.4 is 5.48 Å². The molecule has 0 aromatic rings. The van der Waals surface area contributed by atoms with Crippen molar-refractivity contribution in [3.63, 3.8) is 0 Å². The molecule has 0 aliphatic heterocycles. The molecule has 0 heterocycles. The van der Waals surface area contributed by atoms with E-state index in [0.717, 1.165) is 0 Å². The smallest absolute Gasteiger partial charge is 0.0815 e. The second-order valence-corrected chi connectivity index (χ2v) is 5.97. The van der Waals surface area contributed by atoms with Gasteiger partial charge in [0.15, 0.2) is 0 Å². The minimum Gasteiger partial charge on any atom is -0.395 e. The SMILES string of the molecule is CC(C)(C)ONCCN(CCO)OC(C)(C)C. The molecular weight excluding hydrogens is 220 g/mol. The minimum atomic E-state index is -0.250. The van der Waals surface area contributed by atoms with Gasteiger partial charge in [-0.1, -0.05) is 0 Å². The Kier molecular flexibility index (Phi) is 7.20. The Morgan fingerprint density at radius 2 is 1.59 bits per heavy atom. The van der Waals surface area contributed by atoms with Crippen molar-refractivity contribution in [1.29, 1.82) is 0 Å². The fraction of sp³-hybridized carbons (Fsp3) is 1.00. The number of rotatable bonds is 7. The molecule has 0 spiro atoms. The van der Waals surface area contributed by atoms with Gasteiger partial charge in [-0.2, -0.15) is 5.06 Å². The van der Waals surface area contributed by atoms with Gasteiger partial charge >= 0.3 is 0 Å². The number of aliphatic hydroxyl groups is 1. The Morgan fingerprint density at radius 3 is 2.00 bits per heavy atom. The van der Waals surface area contributed by atoms with Crippen LogP contribution in [0.2, 0.25) is 0 Å². The lowest BCUT2D eigenvalue weighted by Crippen LogP contribution is -2.41. The van der Waals surface area contributed by atoms with Gasteiger partial charge in [0.05, 0.1) is 17.8 Å². The average molecular weight is 248 g/mol. The van der Waals surface area contributed by atoms with Crippen molar-refractivity contribution in [1.82, 2.24) is 10.5 Å². The first kappa shape index (κ1) is 16.8. The first-order valence-corrected chi connectivity index (χ1v) is 6.10. The van der Waals surface area contributed by atoms with E-state index < -0.39 is 0 Å². The van der Waals surface area contributed by atoms with Gasteiger partial charge in [-0.3, -0.25) is 9.68 Å². The summed E-state index contributed by atoms with van der Waals surface area (Å²) in [5.41, 5.74) is 2.45. The van der Waals surface area contributed by atoms with E-state index in [2.05, 4.69) is 5.48 Å². The molecule has 0 unspecified atom stereocenters. The lowest BCUT2D eigenvalue weighted by molar-refractivity contribution is -0.233. The summed E-state index contributed by atoms with van der Waals surface area (Å²) in [4.78, 5) is 11.1. The Bertz CT molecular complexity index is 197. The zero-order chi connectivity index (χ0) is 13.5. The standard InChI is InChI=1S/C12H28N2O3/c1-11(2,3)16-13-7-8-14(9-10-15)17-12(4,5)6/h13,15H,7-10H2,1-6H3. The van der Waals surface area contributed by atoms with Crippen molar-refractivity contribution >= 4 is 0 Å². The molecule has 2 N–H and O–H groups in total. The Hall–Kier alpha value is -0.200. The van der Waals surface area contributed by atoms with Gasteiger partial charge < -0.3 is 5.11 Å². The molecule has 0 amide bonds. The third-order valence-electron chi connectivity index (χ3n) is 1.59. The zero-order valence-electron chi connectivity index (χ0n) is 12.0. The summed E-state index contributed by atoms with van der Waals surface area (Å²) in [6, 6.07) is 0. The Balaban J connectivity index is 3.85. The van der Waals surface area contributed by atoms with Crippen LogP contribution >= 0.6 is 0 Å². The summed E-state index contributed by atoms with van der Waals surface area (Å²) in [6.45, 7) is 13.8. The summed E-state index contributed by atoms with van der Waals surface area (Å²) in [6.07, 6.45) is 0. The monoisotopic (exact) mass is 248 g/mol. The highest BCUT2D eigenvalue weighted by Gasteiger charge is 2.17. The second-order valence-electron chi connectivity index (χ2n) is 5.97. The lowest BCUT2D eigenvalue weighted by Gasteiger charge is -2.30. The molecule has 0 atom stereocenters. The third-order valence-corrected chi connectivity index (χ3v) is 1.59. The maximum Gasteiger partial charge on any atom is 0.0815 e. The van der Waals surface area contributed by atoms with E-state index in [-0.39, 0.29) is 17.8 Å². The third kappa shape index (κ3) is 12.1. The molecule has 0 aliphatic carbocycles. The maximum atomic E-state index is 8.95. The van der Waals surface area contributed by atoms with E-state index >= 15 is 0 Å². The van der Waals surface area contributed by atoms with E-state index in [1.165, 1.54) is 0 Å². The van der Waals surface area contributed by atoms with Crippen LogP contribution in [0.15, 0.2) is 0 Å². The lowest BCUT2D eigenvalue weighted by atomic mass is 10.2. The van der Waals surface area contributed by atoms with E-state index in [4.69, 9.17) is 14.8 Å². The molecule has 0 aliphatic rings. The molecule has 0 saturated carbocycles. The molecule has 0 fully saturated rings. The first-order valence-electron chi connectivity index (χ1n) is 6.10. The van der Waals surface area contributed by atoms with Crippen molar-refractivity contribution in [3.8, 4) is 0 Å². The molecule has 5 nitrogen and oxygen atoms in total. The van der Waals surface area contributed by atoms with Gasteiger partial charge in [-0.05, 0) is 41.5 Å². The molecule has 0 aromatic heterocycles. The number of nitrogens with zero attached hydrogens (tertiary/aromatic N) is 1. The number of hydrogen-bond acceptors (Lipinski definition) is 5. The van der Waals surface area contributed by atoms with E-state index in [1.807, 2.05) is 41.5 Å². The average Bonchev–Trinajstić information content (AvgIpc) is 2.08. The number of nitrogens with one attached hydrogen (secondary N) is 1. The number of hydrogen-bond donors (Lipinski definition) is 2. The predicted molar refractivity (Wildman–Crippen MR) is 68.3 cm³/mol. The number of aliphatic hydroxyl groups excluding tert-OH is 1. The number of hydroxylamine groups is 3. The van der Waals surface area contributed by atoms with E-state index in [9.17, 15) is 0 Å². The fourth-order valence-corrected chi connectivity index (χ4v) is 1.14. The summed E-state index contributed by atoms with van der Waals surface area (Å²) < 4.78 is 0. The van der Waals surface area contributed by atoms with Crippen LogP contribution in [0.5, 0.6) is 0 Å². The Morgan fingerprint density at radius 1 is 1.00 bits per heavy atom. The van der Waals surface area contributed by atoms with Crippen molar-refractivity contribution in [2.24, 2.45) is 0 Å². The molecule has 0 bridgehead atoms. The van der Waals surface area contributed by atoms with Gasteiger partial charge in [0.1, 0.15) is 0 Å². The molecule has 17 heavy (non-hydrogen) atoms. The molecule has 0 radical (unpaired) electrons. The van der Waals surface area contributed by atoms with E-state index in [1.54, 1.807) is 5.06 Å². The van der Waals surface area contributed by atoms with Gasteiger partial charge in [-0.15, -0.1) is 0 Å². The first-order chi connectivity index (χ1) is 7.64. The van der Waals surface area contributed by atoms with Crippen LogP contribution in [0.1, 0.15) is 41.5 Å². The predicted octanol–water partition coefficient (Wildman–Crippen LogP) is 1.33. The highest BCUT2D eigenvalue weighted by Crippen LogP contribution is 2.09. The molecular formula is C12H28N2O3. The maximum absolute atomic E-state index is 8.95. The highest BCUT2D eigenvalue weighted by molar-refractivity contribution is 4.60. The summed E-state index contributed by atoms with van der Waals surface area (Å²) in [7, 11) is 0. The van der Waals surface area contributed by atoms with Crippen molar-refractivity contribution < 1.29 is 14.8 Å². The van der Waals surface area contributed by atoms with Crippen molar-refractivity contribution in [2.45, 2.75) is 52.7 Å². The molecule has 0 aromatic carbocycles. The molecule has 5 heteroatoms. The minimum absolute atomic E-state index is 0.0796. The molecule has 0 rings (SSSR count). The van der Waals surface area contributed by atoms with Crippen LogP contribution in [0.4, 0.5) is 0 Å². The Labute approximate surface area is 105 Å². The van der Waals surface area contributed by atoms with Crippen LogP contribution in [0.25, 0.3) is 0 Å². The van der Waals surface area contributed by atoms with Gasteiger partial charge in [-0.25, -0.2) is 5.48 Å². The fourth-order valence-electron chi connectivity index (χ4n) is 1.14.